The Morgan fingerprint density at radius 2 is 2.05 bits per heavy atom. The van der Waals surface area contributed by atoms with Crippen LogP contribution in [0.2, 0.25) is 0 Å². The number of fused-ring (bicyclic) bond motifs is 1. The molecule has 1 aromatic rings. The van der Waals surface area contributed by atoms with Gasteiger partial charge in [0.1, 0.15) is 5.75 Å². The number of anilines is 1. The molecule has 1 aromatic carbocycles. The number of hydrogen-bond donors (Lipinski definition) is 0. The lowest BCUT2D eigenvalue weighted by Crippen LogP contribution is -2.41. The van der Waals surface area contributed by atoms with Crippen molar-refractivity contribution in [3.63, 3.8) is 0 Å². The average Bonchev–Trinajstić information content (AvgIpc) is 3.00. The van der Waals surface area contributed by atoms with Crippen molar-refractivity contribution in [1.29, 1.82) is 0 Å². The number of carbonyl (C=O) groups excluding carboxylic acids is 2. The zero-order valence-electron chi connectivity index (χ0n) is 12.3. The highest BCUT2D eigenvalue weighted by molar-refractivity contribution is 5.98. The van der Waals surface area contributed by atoms with E-state index in [1.165, 1.54) is 0 Å². The molecule has 1 saturated heterocycles. The summed E-state index contributed by atoms with van der Waals surface area (Å²) in [6.45, 7) is 4.17. The van der Waals surface area contributed by atoms with Crippen LogP contribution >= 0.6 is 0 Å². The van der Waals surface area contributed by atoms with Crippen LogP contribution in [-0.4, -0.2) is 43.0 Å². The molecule has 112 valence electrons. The molecule has 0 spiro atoms. The standard InChI is InChI=1S/C16H20N2O3/c1-12-4-5-13-14(10-12)21-11-16(20)18(13)9-6-15(19)17-7-2-3-8-17/h4-5,10H,2-3,6-9,11H2,1H3. The third kappa shape index (κ3) is 2.86. The number of ether oxygens (including phenoxy) is 1. The van der Waals surface area contributed by atoms with Gasteiger partial charge in [-0.15, -0.1) is 0 Å². The van der Waals surface area contributed by atoms with E-state index in [4.69, 9.17) is 4.74 Å². The quantitative estimate of drug-likeness (QED) is 0.851. The van der Waals surface area contributed by atoms with Gasteiger partial charge >= 0.3 is 0 Å². The number of benzene rings is 1. The van der Waals surface area contributed by atoms with E-state index in [2.05, 4.69) is 0 Å². The number of rotatable bonds is 3. The molecule has 0 aromatic heterocycles. The van der Waals surface area contributed by atoms with Gasteiger partial charge in [-0.1, -0.05) is 6.07 Å². The first-order valence-corrected chi connectivity index (χ1v) is 7.47. The lowest BCUT2D eigenvalue weighted by atomic mass is 10.1. The summed E-state index contributed by atoms with van der Waals surface area (Å²) in [6.07, 6.45) is 2.55. The third-order valence-corrected chi connectivity index (χ3v) is 4.07. The molecule has 0 atom stereocenters. The maximum atomic E-state index is 12.1. The Balaban J connectivity index is 1.70. The van der Waals surface area contributed by atoms with E-state index in [9.17, 15) is 9.59 Å². The Labute approximate surface area is 124 Å². The van der Waals surface area contributed by atoms with Crippen LogP contribution in [0.5, 0.6) is 5.75 Å². The topological polar surface area (TPSA) is 49.9 Å². The smallest absolute Gasteiger partial charge is 0.265 e. The summed E-state index contributed by atoms with van der Waals surface area (Å²) in [6, 6.07) is 5.77. The van der Waals surface area contributed by atoms with Gasteiger partial charge in [0.05, 0.1) is 5.69 Å². The van der Waals surface area contributed by atoms with Gasteiger partial charge in [-0.05, 0) is 37.5 Å². The molecule has 2 heterocycles. The maximum absolute atomic E-state index is 12.1. The number of carbonyl (C=O) groups is 2. The molecule has 3 rings (SSSR count). The van der Waals surface area contributed by atoms with Crippen LogP contribution in [0, 0.1) is 6.92 Å². The van der Waals surface area contributed by atoms with E-state index in [1.54, 1.807) is 4.90 Å². The zero-order valence-corrected chi connectivity index (χ0v) is 12.3. The van der Waals surface area contributed by atoms with Crippen LogP contribution < -0.4 is 9.64 Å². The summed E-state index contributed by atoms with van der Waals surface area (Å²) >= 11 is 0. The van der Waals surface area contributed by atoms with Crippen LogP contribution in [-0.2, 0) is 9.59 Å². The number of hydrogen-bond acceptors (Lipinski definition) is 3. The molecular formula is C16H20N2O3. The molecule has 0 aliphatic carbocycles. The molecule has 0 bridgehead atoms. The van der Waals surface area contributed by atoms with Gasteiger partial charge in [0.25, 0.3) is 5.91 Å². The first kappa shape index (κ1) is 13.9. The highest BCUT2D eigenvalue weighted by atomic mass is 16.5. The van der Waals surface area contributed by atoms with Crippen molar-refractivity contribution in [2.75, 3.05) is 31.1 Å². The molecular weight excluding hydrogens is 268 g/mol. The fraction of sp³-hybridized carbons (Fsp3) is 0.500. The van der Waals surface area contributed by atoms with Crippen molar-refractivity contribution >= 4 is 17.5 Å². The molecule has 0 saturated carbocycles. The van der Waals surface area contributed by atoms with Crippen LogP contribution in [0.4, 0.5) is 5.69 Å². The minimum atomic E-state index is -0.0828. The van der Waals surface area contributed by atoms with Gasteiger partial charge in [0, 0.05) is 26.1 Å². The van der Waals surface area contributed by atoms with Crippen LogP contribution in [0.15, 0.2) is 18.2 Å². The molecule has 0 radical (unpaired) electrons. The summed E-state index contributed by atoms with van der Waals surface area (Å²) in [5.41, 5.74) is 1.86. The monoisotopic (exact) mass is 288 g/mol. The molecule has 21 heavy (non-hydrogen) atoms. The summed E-state index contributed by atoms with van der Waals surface area (Å²) in [5.74, 6) is 0.782. The Hall–Kier alpha value is -2.04. The largest absolute Gasteiger partial charge is 0.482 e. The van der Waals surface area contributed by atoms with Gasteiger partial charge < -0.3 is 14.5 Å². The Morgan fingerprint density at radius 1 is 1.29 bits per heavy atom. The molecule has 2 aliphatic heterocycles. The maximum Gasteiger partial charge on any atom is 0.265 e. The van der Waals surface area contributed by atoms with Crippen LogP contribution in [0.25, 0.3) is 0 Å². The third-order valence-electron chi connectivity index (χ3n) is 4.07. The van der Waals surface area contributed by atoms with Crippen molar-refractivity contribution in [2.45, 2.75) is 26.2 Å². The molecule has 5 heteroatoms. The highest BCUT2D eigenvalue weighted by Crippen LogP contribution is 2.32. The first-order chi connectivity index (χ1) is 10.1. The predicted molar refractivity (Wildman–Crippen MR) is 79.5 cm³/mol. The highest BCUT2D eigenvalue weighted by Gasteiger charge is 2.27. The summed E-state index contributed by atoms with van der Waals surface area (Å²) in [5, 5.41) is 0. The van der Waals surface area contributed by atoms with Crippen molar-refractivity contribution in [3.05, 3.63) is 23.8 Å². The van der Waals surface area contributed by atoms with Crippen LogP contribution in [0.1, 0.15) is 24.8 Å². The first-order valence-electron chi connectivity index (χ1n) is 7.47. The number of likely N-dealkylation sites (tertiary alicyclic amines) is 1. The predicted octanol–water partition coefficient (Wildman–Crippen LogP) is 1.73. The SMILES string of the molecule is Cc1ccc2c(c1)OCC(=O)N2CCC(=O)N1CCCC1. The molecule has 5 nitrogen and oxygen atoms in total. The van der Waals surface area contributed by atoms with E-state index < -0.39 is 0 Å². The van der Waals surface area contributed by atoms with E-state index in [0.717, 1.165) is 42.9 Å². The van der Waals surface area contributed by atoms with Gasteiger partial charge in [-0.3, -0.25) is 9.59 Å². The number of aryl methyl sites for hydroxylation is 1. The van der Waals surface area contributed by atoms with Gasteiger partial charge in [-0.25, -0.2) is 0 Å². The second-order valence-electron chi connectivity index (χ2n) is 5.64. The molecule has 0 unspecified atom stereocenters. The average molecular weight is 288 g/mol. The molecule has 1 fully saturated rings. The summed E-state index contributed by atoms with van der Waals surface area (Å²) in [7, 11) is 0. The molecule has 2 amide bonds. The fourth-order valence-electron chi connectivity index (χ4n) is 2.89. The van der Waals surface area contributed by atoms with Gasteiger partial charge in [0.2, 0.25) is 5.91 Å². The fourth-order valence-corrected chi connectivity index (χ4v) is 2.89. The van der Waals surface area contributed by atoms with Crippen LogP contribution in [0.3, 0.4) is 0 Å². The normalized spacial score (nSPS) is 17.7. The number of amides is 2. The lowest BCUT2D eigenvalue weighted by molar-refractivity contribution is -0.130. The van der Waals surface area contributed by atoms with Crippen molar-refractivity contribution in [2.24, 2.45) is 0 Å². The van der Waals surface area contributed by atoms with Gasteiger partial charge in [-0.2, -0.15) is 0 Å². The number of nitrogens with zero attached hydrogens (tertiary/aromatic N) is 2. The van der Waals surface area contributed by atoms with Gasteiger partial charge in [0.15, 0.2) is 6.61 Å². The van der Waals surface area contributed by atoms with E-state index in [1.807, 2.05) is 30.0 Å². The molecule has 2 aliphatic rings. The summed E-state index contributed by atoms with van der Waals surface area (Å²) in [4.78, 5) is 27.7. The minimum Gasteiger partial charge on any atom is -0.482 e. The van der Waals surface area contributed by atoms with Crippen molar-refractivity contribution in [1.82, 2.24) is 4.90 Å². The molecule has 0 N–H and O–H groups in total. The minimum absolute atomic E-state index is 0.0500. The zero-order chi connectivity index (χ0) is 14.8. The Kier molecular flexibility index (Phi) is 3.82. The van der Waals surface area contributed by atoms with E-state index in [-0.39, 0.29) is 18.4 Å². The van der Waals surface area contributed by atoms with E-state index in [0.29, 0.717) is 13.0 Å². The van der Waals surface area contributed by atoms with Crippen molar-refractivity contribution < 1.29 is 14.3 Å². The summed E-state index contributed by atoms with van der Waals surface area (Å²) < 4.78 is 5.47. The van der Waals surface area contributed by atoms with Crippen molar-refractivity contribution in [3.8, 4) is 5.75 Å². The lowest BCUT2D eigenvalue weighted by Gasteiger charge is -2.30. The Morgan fingerprint density at radius 3 is 2.81 bits per heavy atom. The van der Waals surface area contributed by atoms with E-state index >= 15 is 0 Å². The Bertz CT molecular complexity index is 565. The second kappa shape index (κ2) is 5.76. The second-order valence-corrected chi connectivity index (χ2v) is 5.64.